The molecule has 0 spiro atoms. The van der Waals surface area contributed by atoms with E-state index in [4.69, 9.17) is 22.3 Å². The van der Waals surface area contributed by atoms with E-state index in [1.807, 2.05) is 0 Å². The molecule has 0 aromatic carbocycles. The van der Waals surface area contributed by atoms with Crippen LogP contribution in [-0.2, 0) is 9.05 Å². The van der Waals surface area contributed by atoms with Gasteiger partial charge in [-0.25, -0.2) is 13.4 Å². The summed E-state index contributed by atoms with van der Waals surface area (Å²) >= 11 is 5.78. The van der Waals surface area contributed by atoms with Gasteiger partial charge in [0.15, 0.2) is 0 Å². The smallest absolute Gasteiger partial charge is 0.246 e. The first-order chi connectivity index (χ1) is 6.62. The van der Waals surface area contributed by atoms with Gasteiger partial charge in [0.2, 0.25) is 5.25 Å². The Morgan fingerprint density at radius 2 is 2.00 bits per heavy atom. The molecule has 0 saturated carbocycles. The monoisotopic (exact) mass is 299 g/mol. The molecule has 0 aliphatic heterocycles. The summed E-state index contributed by atoms with van der Waals surface area (Å²) in [7, 11) is -0.122. The third kappa shape index (κ3) is 3.20. The molecule has 0 aliphatic rings. The Morgan fingerprint density at radius 3 is 2.27 bits per heavy atom. The van der Waals surface area contributed by atoms with Gasteiger partial charge in [-0.15, -0.1) is 11.3 Å². The topological polar surface area (TPSA) is 47.0 Å². The fraction of sp³-hybridized carbons (Fsp3) is 0.400. The molecule has 0 amide bonds. The zero-order chi connectivity index (χ0) is 11.9. The summed E-state index contributed by atoms with van der Waals surface area (Å²) in [4.78, 5) is 3.25. The van der Waals surface area contributed by atoms with E-state index in [9.17, 15) is 21.6 Å². The predicted octanol–water partition coefficient (Wildman–Crippen LogP) is 2.97. The van der Waals surface area contributed by atoms with Crippen LogP contribution in [0, 0.1) is 0 Å². The van der Waals surface area contributed by atoms with Gasteiger partial charge in [-0.3, -0.25) is 0 Å². The molecule has 1 unspecified atom stereocenters. The SMILES string of the molecule is O=S(=O)(Cl)C(c1ncc(Cl)s1)C(F)(F)F. The van der Waals surface area contributed by atoms with E-state index >= 15 is 0 Å². The van der Waals surface area contributed by atoms with Crippen molar-refractivity contribution in [2.45, 2.75) is 11.4 Å². The molecule has 0 N–H and O–H groups in total. The molecule has 15 heavy (non-hydrogen) atoms. The molecule has 0 bridgehead atoms. The van der Waals surface area contributed by atoms with Crippen molar-refractivity contribution in [1.29, 1.82) is 0 Å². The second-order valence-corrected chi connectivity index (χ2v) is 6.81. The Kier molecular flexibility index (Phi) is 3.54. The molecule has 1 heterocycles. The molecule has 10 heteroatoms. The second-order valence-electron chi connectivity index (χ2n) is 2.40. The number of halogens is 5. The van der Waals surface area contributed by atoms with Crippen LogP contribution in [0.5, 0.6) is 0 Å². The van der Waals surface area contributed by atoms with Crippen LogP contribution in [0.3, 0.4) is 0 Å². The Bertz CT molecular complexity index is 455. The van der Waals surface area contributed by atoms with Crippen LogP contribution in [0.15, 0.2) is 6.20 Å². The summed E-state index contributed by atoms with van der Waals surface area (Å²) in [6.45, 7) is 0. The van der Waals surface area contributed by atoms with Crippen molar-refractivity contribution in [3.63, 3.8) is 0 Å². The van der Waals surface area contributed by atoms with Gasteiger partial charge in [-0.2, -0.15) is 13.2 Å². The van der Waals surface area contributed by atoms with E-state index in [0.717, 1.165) is 6.20 Å². The summed E-state index contributed by atoms with van der Waals surface area (Å²) < 4.78 is 58.6. The largest absolute Gasteiger partial charge is 0.413 e. The van der Waals surface area contributed by atoms with Gasteiger partial charge in [0.25, 0.3) is 9.05 Å². The summed E-state index contributed by atoms with van der Waals surface area (Å²) in [6, 6.07) is 0. The number of aromatic nitrogens is 1. The maximum Gasteiger partial charge on any atom is 0.413 e. The first-order valence-corrected chi connectivity index (χ1v) is 6.80. The highest BCUT2D eigenvalue weighted by molar-refractivity contribution is 8.14. The first-order valence-electron chi connectivity index (χ1n) is 3.24. The van der Waals surface area contributed by atoms with E-state index in [0.29, 0.717) is 11.3 Å². The lowest BCUT2D eigenvalue weighted by atomic mass is 10.4. The number of nitrogens with zero attached hydrogens (tertiary/aromatic N) is 1. The Morgan fingerprint density at radius 1 is 1.47 bits per heavy atom. The predicted molar refractivity (Wildman–Crippen MR) is 50.7 cm³/mol. The Balaban J connectivity index is 3.26. The van der Waals surface area contributed by atoms with Crippen LogP contribution in [0.1, 0.15) is 10.3 Å². The van der Waals surface area contributed by atoms with Gasteiger partial charge < -0.3 is 0 Å². The molecule has 0 radical (unpaired) electrons. The van der Waals surface area contributed by atoms with Gasteiger partial charge in [0.1, 0.15) is 9.34 Å². The summed E-state index contributed by atoms with van der Waals surface area (Å²) in [6.07, 6.45) is -4.08. The molecule has 0 aliphatic carbocycles. The van der Waals surface area contributed by atoms with Crippen molar-refractivity contribution < 1.29 is 21.6 Å². The molecular formula is C5H2Cl2F3NO2S2. The lowest BCUT2D eigenvalue weighted by Crippen LogP contribution is -2.25. The summed E-state index contributed by atoms with van der Waals surface area (Å²) in [5.41, 5.74) is 0. The van der Waals surface area contributed by atoms with Crippen molar-refractivity contribution >= 4 is 42.7 Å². The fourth-order valence-corrected chi connectivity index (χ4v) is 3.61. The molecule has 0 fully saturated rings. The van der Waals surface area contributed by atoms with Gasteiger partial charge in [-0.1, -0.05) is 11.6 Å². The maximum absolute atomic E-state index is 12.4. The van der Waals surface area contributed by atoms with Crippen LogP contribution in [0.4, 0.5) is 13.2 Å². The second kappa shape index (κ2) is 4.08. The quantitative estimate of drug-likeness (QED) is 0.789. The van der Waals surface area contributed by atoms with Gasteiger partial charge in [0, 0.05) is 10.7 Å². The van der Waals surface area contributed by atoms with Crippen LogP contribution in [0.25, 0.3) is 0 Å². The first kappa shape index (κ1) is 13.0. The van der Waals surface area contributed by atoms with Crippen molar-refractivity contribution in [1.82, 2.24) is 4.98 Å². The molecular weight excluding hydrogens is 298 g/mol. The Hall–Kier alpha value is -0.0500. The zero-order valence-corrected chi connectivity index (χ0v) is 9.77. The highest BCUT2D eigenvalue weighted by Crippen LogP contribution is 2.42. The van der Waals surface area contributed by atoms with E-state index in [-0.39, 0.29) is 4.34 Å². The average Bonchev–Trinajstić information content (AvgIpc) is 2.28. The van der Waals surface area contributed by atoms with Crippen LogP contribution in [0.2, 0.25) is 4.34 Å². The third-order valence-electron chi connectivity index (χ3n) is 1.30. The van der Waals surface area contributed by atoms with Gasteiger partial charge in [0.05, 0.1) is 6.20 Å². The molecule has 1 aromatic rings. The maximum atomic E-state index is 12.4. The van der Waals surface area contributed by atoms with Crippen LogP contribution in [-0.4, -0.2) is 19.6 Å². The fourth-order valence-electron chi connectivity index (χ4n) is 0.808. The van der Waals surface area contributed by atoms with Crippen molar-refractivity contribution in [3.8, 4) is 0 Å². The van der Waals surface area contributed by atoms with Crippen molar-refractivity contribution in [3.05, 3.63) is 15.5 Å². The highest BCUT2D eigenvalue weighted by Gasteiger charge is 2.51. The van der Waals surface area contributed by atoms with Gasteiger partial charge in [-0.05, 0) is 0 Å². The highest BCUT2D eigenvalue weighted by atomic mass is 35.7. The normalized spacial score (nSPS) is 15.3. The average molecular weight is 300 g/mol. The van der Waals surface area contributed by atoms with E-state index in [2.05, 4.69) is 4.98 Å². The van der Waals surface area contributed by atoms with Gasteiger partial charge >= 0.3 is 6.18 Å². The third-order valence-corrected chi connectivity index (χ3v) is 4.22. The molecule has 0 saturated heterocycles. The summed E-state index contributed by atoms with van der Waals surface area (Å²) in [5.74, 6) is 0. The molecule has 86 valence electrons. The number of rotatable bonds is 2. The minimum atomic E-state index is -5.01. The lowest BCUT2D eigenvalue weighted by Gasteiger charge is -2.14. The van der Waals surface area contributed by atoms with E-state index < -0.39 is 25.5 Å². The molecule has 3 nitrogen and oxygen atoms in total. The standard InChI is InChI=1S/C5H2Cl2F3NO2S2/c6-2-1-11-4(14-2)3(5(8,9)10)15(7,12)13/h1,3H. The van der Waals surface area contributed by atoms with Crippen LogP contribution < -0.4 is 0 Å². The number of hydrogen-bond acceptors (Lipinski definition) is 4. The number of thiazole rings is 1. The molecule has 1 atom stereocenters. The lowest BCUT2D eigenvalue weighted by molar-refractivity contribution is -0.131. The number of alkyl halides is 3. The van der Waals surface area contributed by atoms with Crippen molar-refractivity contribution in [2.24, 2.45) is 0 Å². The van der Waals surface area contributed by atoms with Crippen molar-refractivity contribution in [2.75, 3.05) is 0 Å². The minimum Gasteiger partial charge on any atom is -0.246 e. The summed E-state index contributed by atoms with van der Waals surface area (Å²) in [5, 5.41) is -3.52. The molecule has 1 rings (SSSR count). The van der Waals surface area contributed by atoms with E-state index in [1.165, 1.54) is 0 Å². The Labute approximate surface area is 96.3 Å². The molecule has 1 aromatic heterocycles. The van der Waals surface area contributed by atoms with E-state index in [1.54, 1.807) is 0 Å². The van der Waals surface area contributed by atoms with Crippen LogP contribution >= 0.6 is 33.6 Å². The zero-order valence-electron chi connectivity index (χ0n) is 6.62. The minimum absolute atomic E-state index is 0.0421. The number of hydrogen-bond donors (Lipinski definition) is 0.